The average Bonchev–Trinajstić information content (AvgIpc) is 2.19. The van der Waals surface area contributed by atoms with Crippen molar-refractivity contribution < 1.29 is 14.1 Å². The number of amides is 2. The van der Waals surface area contributed by atoms with Crippen LogP contribution in [0.4, 0.5) is 20.6 Å². The van der Waals surface area contributed by atoms with Gasteiger partial charge in [0.2, 0.25) is 0 Å². The number of nitro benzene ring substituents is 1. The summed E-state index contributed by atoms with van der Waals surface area (Å²) in [5, 5.41) is 15.4. The maximum atomic E-state index is 12.8. The van der Waals surface area contributed by atoms with Crippen LogP contribution >= 0.6 is 0 Å². The Balaban J connectivity index is 2.91. The Kier molecular flexibility index (Phi) is 3.97. The number of nitro groups is 1. The molecule has 0 bridgehead atoms. The van der Waals surface area contributed by atoms with E-state index in [9.17, 15) is 19.3 Å². The van der Waals surface area contributed by atoms with E-state index in [1.807, 2.05) is 0 Å². The minimum absolute atomic E-state index is 0.0467. The molecule has 1 rings (SSSR count). The molecule has 1 aromatic rings. The topological polar surface area (TPSA) is 84.3 Å². The molecule has 17 heavy (non-hydrogen) atoms. The zero-order chi connectivity index (χ0) is 13.0. The van der Waals surface area contributed by atoms with E-state index in [-0.39, 0.29) is 11.7 Å². The van der Waals surface area contributed by atoms with Crippen molar-refractivity contribution >= 4 is 17.4 Å². The maximum Gasteiger partial charge on any atom is 0.319 e. The van der Waals surface area contributed by atoms with Crippen LogP contribution in [0.1, 0.15) is 13.8 Å². The molecule has 0 aliphatic carbocycles. The molecule has 0 saturated heterocycles. The summed E-state index contributed by atoms with van der Waals surface area (Å²) in [6.45, 7) is 3.50. The molecule has 2 N–H and O–H groups in total. The summed E-state index contributed by atoms with van der Waals surface area (Å²) in [4.78, 5) is 21.2. The monoisotopic (exact) mass is 241 g/mol. The fourth-order valence-corrected chi connectivity index (χ4v) is 1.18. The van der Waals surface area contributed by atoms with E-state index in [1.54, 1.807) is 13.8 Å². The predicted octanol–water partition coefficient (Wildman–Crippen LogP) is 2.26. The predicted molar refractivity (Wildman–Crippen MR) is 60.3 cm³/mol. The molecule has 0 aliphatic heterocycles. The number of hydrogen-bond acceptors (Lipinski definition) is 3. The molecular weight excluding hydrogens is 229 g/mol. The lowest BCUT2D eigenvalue weighted by atomic mass is 10.2. The van der Waals surface area contributed by atoms with Crippen molar-refractivity contribution in [2.24, 2.45) is 0 Å². The highest BCUT2D eigenvalue weighted by molar-refractivity contribution is 5.91. The number of rotatable bonds is 3. The third-order valence-electron chi connectivity index (χ3n) is 1.82. The molecule has 0 radical (unpaired) electrons. The summed E-state index contributed by atoms with van der Waals surface area (Å²) in [6, 6.07) is 2.26. The number of nitrogens with one attached hydrogen (secondary N) is 2. The first-order valence-corrected chi connectivity index (χ1v) is 4.91. The third kappa shape index (κ3) is 3.71. The molecule has 1 aromatic carbocycles. The highest BCUT2D eigenvalue weighted by Gasteiger charge is 2.16. The molecule has 7 heteroatoms. The number of urea groups is 1. The average molecular weight is 241 g/mol. The van der Waals surface area contributed by atoms with Gasteiger partial charge in [0, 0.05) is 6.04 Å². The first kappa shape index (κ1) is 12.9. The number of halogens is 1. The smallest absolute Gasteiger partial charge is 0.319 e. The van der Waals surface area contributed by atoms with Crippen molar-refractivity contribution in [1.29, 1.82) is 0 Å². The molecule has 0 aliphatic rings. The number of hydrogen-bond donors (Lipinski definition) is 2. The molecule has 2 amide bonds. The number of nitrogens with zero attached hydrogens (tertiary/aromatic N) is 1. The molecule has 0 spiro atoms. The highest BCUT2D eigenvalue weighted by Crippen LogP contribution is 2.24. The molecule has 0 aromatic heterocycles. The summed E-state index contributed by atoms with van der Waals surface area (Å²) in [6.07, 6.45) is 0. The Labute approximate surface area is 97.0 Å². The lowest BCUT2D eigenvalue weighted by Gasteiger charge is -2.10. The summed E-state index contributed by atoms with van der Waals surface area (Å²) in [5.41, 5.74) is -0.529. The van der Waals surface area contributed by atoms with Crippen molar-refractivity contribution in [2.45, 2.75) is 19.9 Å². The van der Waals surface area contributed by atoms with Gasteiger partial charge in [0.15, 0.2) is 0 Å². The van der Waals surface area contributed by atoms with Crippen LogP contribution in [0, 0.1) is 15.9 Å². The Hall–Kier alpha value is -2.18. The molecule has 92 valence electrons. The first-order valence-electron chi connectivity index (χ1n) is 4.91. The highest BCUT2D eigenvalue weighted by atomic mass is 19.1. The fraction of sp³-hybridized carbons (Fsp3) is 0.300. The van der Waals surface area contributed by atoms with Gasteiger partial charge in [-0.05, 0) is 26.0 Å². The Morgan fingerprint density at radius 1 is 1.47 bits per heavy atom. The van der Waals surface area contributed by atoms with Gasteiger partial charge in [0.25, 0.3) is 5.69 Å². The first-order chi connectivity index (χ1) is 7.90. The van der Waals surface area contributed by atoms with Crippen molar-refractivity contribution in [1.82, 2.24) is 5.32 Å². The lowest BCUT2D eigenvalue weighted by Crippen LogP contribution is -2.34. The lowest BCUT2D eigenvalue weighted by molar-refractivity contribution is -0.384. The Bertz CT molecular complexity index is 448. The Morgan fingerprint density at radius 3 is 2.65 bits per heavy atom. The van der Waals surface area contributed by atoms with Gasteiger partial charge in [-0.3, -0.25) is 10.1 Å². The second kappa shape index (κ2) is 5.24. The molecule has 0 unspecified atom stereocenters. The van der Waals surface area contributed by atoms with E-state index in [0.29, 0.717) is 0 Å². The minimum atomic E-state index is -0.756. The van der Waals surface area contributed by atoms with Crippen LogP contribution < -0.4 is 10.6 Å². The van der Waals surface area contributed by atoms with E-state index in [2.05, 4.69) is 10.6 Å². The van der Waals surface area contributed by atoms with E-state index in [4.69, 9.17) is 0 Å². The molecule has 6 nitrogen and oxygen atoms in total. The van der Waals surface area contributed by atoms with Crippen LogP contribution in [0.2, 0.25) is 0 Å². The van der Waals surface area contributed by atoms with Crippen molar-refractivity contribution in [2.75, 3.05) is 5.32 Å². The largest absolute Gasteiger partial charge is 0.336 e. The Morgan fingerprint density at radius 2 is 2.12 bits per heavy atom. The van der Waals surface area contributed by atoms with Gasteiger partial charge in [-0.15, -0.1) is 0 Å². The van der Waals surface area contributed by atoms with Gasteiger partial charge in [-0.1, -0.05) is 0 Å². The summed E-state index contributed by atoms with van der Waals surface area (Å²) in [5.74, 6) is -0.730. The second-order valence-corrected chi connectivity index (χ2v) is 3.67. The normalized spacial score (nSPS) is 10.1. The van der Waals surface area contributed by atoms with Crippen LogP contribution in [-0.2, 0) is 0 Å². The number of benzene rings is 1. The van der Waals surface area contributed by atoms with Crippen LogP contribution in [0.15, 0.2) is 18.2 Å². The van der Waals surface area contributed by atoms with Gasteiger partial charge >= 0.3 is 6.03 Å². The van der Waals surface area contributed by atoms with E-state index in [0.717, 1.165) is 18.2 Å². The zero-order valence-electron chi connectivity index (χ0n) is 9.36. The molecule has 0 atom stereocenters. The fourth-order valence-electron chi connectivity index (χ4n) is 1.18. The van der Waals surface area contributed by atoms with Crippen molar-refractivity contribution in [3.63, 3.8) is 0 Å². The second-order valence-electron chi connectivity index (χ2n) is 3.67. The molecule has 0 heterocycles. The van der Waals surface area contributed by atoms with Crippen LogP contribution in [0.3, 0.4) is 0 Å². The van der Waals surface area contributed by atoms with Crippen molar-refractivity contribution in [3.05, 3.63) is 34.1 Å². The van der Waals surface area contributed by atoms with E-state index < -0.39 is 22.5 Å². The number of carbonyl (C=O) groups is 1. The van der Waals surface area contributed by atoms with Crippen molar-refractivity contribution in [3.8, 4) is 0 Å². The third-order valence-corrected chi connectivity index (χ3v) is 1.82. The van der Waals surface area contributed by atoms with Crippen LogP contribution in [0.5, 0.6) is 0 Å². The summed E-state index contributed by atoms with van der Waals surface area (Å²) < 4.78 is 12.8. The van der Waals surface area contributed by atoms with Gasteiger partial charge < -0.3 is 10.6 Å². The summed E-state index contributed by atoms with van der Waals surface area (Å²) in [7, 11) is 0. The minimum Gasteiger partial charge on any atom is -0.336 e. The quantitative estimate of drug-likeness (QED) is 0.628. The van der Waals surface area contributed by atoms with Crippen LogP contribution in [0.25, 0.3) is 0 Å². The number of anilines is 1. The van der Waals surface area contributed by atoms with Gasteiger partial charge in [-0.25, -0.2) is 9.18 Å². The van der Waals surface area contributed by atoms with E-state index in [1.165, 1.54) is 0 Å². The SMILES string of the molecule is CC(C)NC(=O)Nc1ccc(F)cc1[N+](=O)[O-]. The maximum absolute atomic E-state index is 12.8. The zero-order valence-corrected chi connectivity index (χ0v) is 9.36. The van der Waals surface area contributed by atoms with Gasteiger partial charge in [0.05, 0.1) is 11.0 Å². The standard InChI is InChI=1S/C10H12FN3O3/c1-6(2)12-10(15)13-8-4-3-7(11)5-9(8)14(16)17/h3-6H,1-2H3,(H2,12,13,15). The van der Waals surface area contributed by atoms with Gasteiger partial charge in [-0.2, -0.15) is 0 Å². The number of carbonyl (C=O) groups excluding carboxylic acids is 1. The van der Waals surface area contributed by atoms with E-state index >= 15 is 0 Å². The van der Waals surface area contributed by atoms with Crippen LogP contribution in [-0.4, -0.2) is 17.0 Å². The molecule has 0 fully saturated rings. The summed E-state index contributed by atoms with van der Waals surface area (Å²) >= 11 is 0. The molecule has 0 saturated carbocycles. The molecular formula is C10H12FN3O3. The van der Waals surface area contributed by atoms with Gasteiger partial charge in [0.1, 0.15) is 11.5 Å².